The SMILES string of the molecule is COCC(=O)CC(=O)Nc1ccc(Cl)c(C(=O)COC)c1. The van der Waals surface area contributed by atoms with Gasteiger partial charge in [0, 0.05) is 25.5 Å². The summed E-state index contributed by atoms with van der Waals surface area (Å²) in [4.78, 5) is 34.7. The number of amides is 1. The summed E-state index contributed by atoms with van der Waals surface area (Å²) in [6.07, 6.45) is -0.294. The molecule has 0 saturated heterocycles. The maximum Gasteiger partial charge on any atom is 0.231 e. The van der Waals surface area contributed by atoms with Gasteiger partial charge in [0.15, 0.2) is 11.6 Å². The van der Waals surface area contributed by atoms with Gasteiger partial charge in [-0.3, -0.25) is 14.4 Å². The van der Waals surface area contributed by atoms with Gasteiger partial charge in [0.25, 0.3) is 0 Å². The first-order chi connectivity index (χ1) is 9.97. The number of hydrogen-bond donors (Lipinski definition) is 1. The molecule has 0 aliphatic heterocycles. The highest BCUT2D eigenvalue weighted by molar-refractivity contribution is 6.34. The summed E-state index contributed by atoms with van der Waals surface area (Å²) in [5, 5.41) is 2.80. The summed E-state index contributed by atoms with van der Waals surface area (Å²) in [5.74, 6) is -1.11. The van der Waals surface area contributed by atoms with Gasteiger partial charge in [-0.2, -0.15) is 0 Å². The summed E-state index contributed by atoms with van der Waals surface area (Å²) in [7, 11) is 2.78. The van der Waals surface area contributed by atoms with E-state index in [2.05, 4.69) is 10.1 Å². The van der Waals surface area contributed by atoms with Gasteiger partial charge in [-0.1, -0.05) is 11.6 Å². The minimum absolute atomic E-state index is 0.108. The Morgan fingerprint density at radius 2 is 1.81 bits per heavy atom. The summed E-state index contributed by atoms with van der Waals surface area (Å²) < 4.78 is 9.40. The molecular formula is C14H16ClNO5. The van der Waals surface area contributed by atoms with E-state index in [1.807, 2.05) is 0 Å². The number of hydrogen-bond acceptors (Lipinski definition) is 5. The van der Waals surface area contributed by atoms with E-state index < -0.39 is 5.91 Å². The third kappa shape index (κ3) is 5.63. The number of methoxy groups -OCH3 is 2. The highest BCUT2D eigenvalue weighted by Crippen LogP contribution is 2.21. The molecule has 0 bridgehead atoms. The zero-order chi connectivity index (χ0) is 15.8. The zero-order valence-corrected chi connectivity index (χ0v) is 12.5. The highest BCUT2D eigenvalue weighted by atomic mass is 35.5. The van der Waals surface area contributed by atoms with E-state index in [-0.39, 0.29) is 41.8 Å². The summed E-state index contributed by atoms with van der Waals surface area (Å²) >= 11 is 5.93. The Morgan fingerprint density at radius 1 is 1.14 bits per heavy atom. The standard InChI is InChI=1S/C14H16ClNO5/c1-20-7-10(17)6-14(19)16-9-3-4-12(15)11(5-9)13(18)8-21-2/h3-5H,6-8H2,1-2H3,(H,16,19). The van der Waals surface area contributed by atoms with E-state index in [0.717, 1.165) is 0 Å². The van der Waals surface area contributed by atoms with Crippen molar-refractivity contribution >= 4 is 34.8 Å². The second kappa shape index (κ2) is 8.51. The summed E-state index contributed by atoms with van der Waals surface area (Å²) in [5.41, 5.74) is 0.633. The lowest BCUT2D eigenvalue weighted by atomic mass is 10.1. The van der Waals surface area contributed by atoms with Crippen LogP contribution in [0.4, 0.5) is 5.69 Å². The number of halogens is 1. The molecule has 0 saturated carbocycles. The molecule has 6 nitrogen and oxygen atoms in total. The molecule has 0 heterocycles. The van der Waals surface area contributed by atoms with Gasteiger partial charge < -0.3 is 14.8 Å². The molecular weight excluding hydrogens is 298 g/mol. The first-order valence-electron chi connectivity index (χ1n) is 6.10. The van der Waals surface area contributed by atoms with Crippen LogP contribution in [0.1, 0.15) is 16.8 Å². The fourth-order valence-corrected chi connectivity index (χ4v) is 1.84. The Hall–Kier alpha value is -1.76. The third-order valence-corrected chi connectivity index (χ3v) is 2.82. The first-order valence-corrected chi connectivity index (χ1v) is 6.48. The minimum Gasteiger partial charge on any atom is -0.377 e. The number of carbonyl (C=O) groups excluding carboxylic acids is 3. The smallest absolute Gasteiger partial charge is 0.231 e. The fraction of sp³-hybridized carbons (Fsp3) is 0.357. The van der Waals surface area contributed by atoms with Gasteiger partial charge in [0.05, 0.1) is 11.4 Å². The van der Waals surface area contributed by atoms with E-state index in [1.54, 1.807) is 6.07 Å². The van der Waals surface area contributed by atoms with Crippen molar-refractivity contribution in [3.8, 4) is 0 Å². The van der Waals surface area contributed by atoms with Crippen molar-refractivity contribution in [2.75, 3.05) is 32.8 Å². The molecule has 0 aromatic heterocycles. The number of rotatable bonds is 8. The predicted octanol–water partition coefficient (Wildman–Crippen LogP) is 1.71. The third-order valence-electron chi connectivity index (χ3n) is 2.49. The van der Waals surface area contributed by atoms with Crippen molar-refractivity contribution in [1.82, 2.24) is 0 Å². The van der Waals surface area contributed by atoms with E-state index in [9.17, 15) is 14.4 Å². The van der Waals surface area contributed by atoms with Crippen LogP contribution in [0.2, 0.25) is 5.02 Å². The number of Topliss-reactive ketones (excluding diaryl/α,β-unsaturated/α-hetero) is 2. The van der Waals surface area contributed by atoms with Crippen LogP contribution in [0, 0.1) is 0 Å². The van der Waals surface area contributed by atoms with Crippen LogP contribution in [0.3, 0.4) is 0 Å². The van der Waals surface area contributed by atoms with Crippen molar-refractivity contribution in [2.24, 2.45) is 0 Å². The Kier molecular flexibility index (Phi) is 7.01. The maximum absolute atomic E-state index is 11.8. The number of ketones is 2. The van der Waals surface area contributed by atoms with Crippen molar-refractivity contribution in [1.29, 1.82) is 0 Å². The van der Waals surface area contributed by atoms with Crippen molar-refractivity contribution < 1.29 is 23.9 Å². The van der Waals surface area contributed by atoms with E-state index in [1.165, 1.54) is 26.4 Å². The van der Waals surface area contributed by atoms with Gasteiger partial charge >= 0.3 is 0 Å². The number of anilines is 1. The molecule has 0 atom stereocenters. The van der Waals surface area contributed by atoms with Gasteiger partial charge in [0.2, 0.25) is 5.91 Å². The highest BCUT2D eigenvalue weighted by Gasteiger charge is 2.13. The lowest BCUT2D eigenvalue weighted by Gasteiger charge is -2.08. The predicted molar refractivity (Wildman–Crippen MR) is 77.8 cm³/mol. The maximum atomic E-state index is 11.8. The first kappa shape index (κ1) is 17.3. The van der Waals surface area contributed by atoms with Crippen LogP contribution in [0.15, 0.2) is 18.2 Å². The Morgan fingerprint density at radius 3 is 2.43 bits per heavy atom. The summed E-state index contributed by atoms with van der Waals surface area (Å²) in [6, 6.07) is 4.49. The monoisotopic (exact) mass is 313 g/mol. The fourth-order valence-electron chi connectivity index (χ4n) is 1.62. The molecule has 0 aliphatic carbocycles. The van der Waals surface area contributed by atoms with Crippen LogP contribution in [0.5, 0.6) is 0 Å². The van der Waals surface area contributed by atoms with Crippen LogP contribution < -0.4 is 5.32 Å². The molecule has 1 N–H and O–H groups in total. The number of nitrogens with one attached hydrogen (secondary N) is 1. The molecule has 1 aromatic rings. The molecule has 7 heteroatoms. The average Bonchev–Trinajstić information content (AvgIpc) is 2.41. The number of benzene rings is 1. The van der Waals surface area contributed by atoms with Gasteiger partial charge in [0.1, 0.15) is 13.2 Å². The van der Waals surface area contributed by atoms with E-state index >= 15 is 0 Å². The normalized spacial score (nSPS) is 10.2. The Balaban J connectivity index is 2.76. The van der Waals surface area contributed by atoms with Gasteiger partial charge in [-0.05, 0) is 18.2 Å². The molecule has 0 spiro atoms. The van der Waals surface area contributed by atoms with Crippen LogP contribution in [-0.4, -0.2) is 44.9 Å². The van der Waals surface area contributed by atoms with Crippen molar-refractivity contribution in [3.05, 3.63) is 28.8 Å². The molecule has 1 amide bonds. The van der Waals surface area contributed by atoms with Gasteiger partial charge in [-0.15, -0.1) is 0 Å². The quantitative estimate of drug-likeness (QED) is 0.583. The molecule has 0 radical (unpaired) electrons. The Labute approximate surface area is 127 Å². The Bertz CT molecular complexity index is 544. The molecule has 114 valence electrons. The molecule has 0 unspecified atom stereocenters. The molecule has 1 rings (SSSR count). The van der Waals surface area contributed by atoms with Crippen molar-refractivity contribution in [2.45, 2.75) is 6.42 Å². The van der Waals surface area contributed by atoms with Crippen LogP contribution in [0.25, 0.3) is 0 Å². The molecule has 21 heavy (non-hydrogen) atoms. The topological polar surface area (TPSA) is 81.7 Å². The van der Waals surface area contributed by atoms with Crippen LogP contribution in [-0.2, 0) is 19.1 Å². The summed E-state index contributed by atoms with van der Waals surface area (Å²) in [6.45, 7) is -0.227. The van der Waals surface area contributed by atoms with Crippen LogP contribution >= 0.6 is 11.6 Å². The van der Waals surface area contributed by atoms with E-state index in [4.69, 9.17) is 16.3 Å². The largest absolute Gasteiger partial charge is 0.377 e. The number of carbonyl (C=O) groups is 3. The lowest BCUT2D eigenvalue weighted by Crippen LogP contribution is -2.19. The van der Waals surface area contributed by atoms with Crippen molar-refractivity contribution in [3.63, 3.8) is 0 Å². The van der Waals surface area contributed by atoms with E-state index in [0.29, 0.717) is 5.69 Å². The molecule has 1 aromatic carbocycles. The molecule has 0 fully saturated rings. The number of ether oxygens (including phenoxy) is 2. The zero-order valence-electron chi connectivity index (χ0n) is 11.8. The van der Waals surface area contributed by atoms with Gasteiger partial charge in [-0.25, -0.2) is 0 Å². The lowest BCUT2D eigenvalue weighted by molar-refractivity contribution is -0.127. The average molecular weight is 314 g/mol. The molecule has 0 aliphatic rings. The second-order valence-corrected chi connectivity index (χ2v) is 4.65. The minimum atomic E-state index is -0.482. The second-order valence-electron chi connectivity index (χ2n) is 4.25.